The predicted octanol–water partition coefficient (Wildman–Crippen LogP) is 0.543. The molecule has 0 atom stereocenters. The summed E-state index contributed by atoms with van der Waals surface area (Å²) in [5.41, 5.74) is 0. The molecule has 0 aliphatic heterocycles. The molecule has 1 aromatic rings. The van der Waals surface area contributed by atoms with Crippen LogP contribution < -0.4 is 4.78 Å². The topological polar surface area (TPSA) is 9.23 Å². The molecule has 0 aromatic carbocycles. The van der Waals surface area contributed by atoms with Gasteiger partial charge < -0.3 is 4.74 Å². The normalized spacial score (nSPS) is 10.1. The zero-order valence-electron chi connectivity index (χ0n) is 6.39. The first-order chi connectivity index (χ1) is 4.83. The highest BCUT2D eigenvalue weighted by Crippen LogP contribution is 2.06. The summed E-state index contributed by atoms with van der Waals surface area (Å²) in [4.78, 5) is 1.32. The maximum absolute atomic E-state index is 5.24. The number of thiophene rings is 1. The van der Waals surface area contributed by atoms with E-state index in [0.29, 0.717) is 0 Å². The third-order valence-electron chi connectivity index (χ3n) is 1.24. The Labute approximate surface area is 66.4 Å². The minimum atomic E-state index is 0.773. The van der Waals surface area contributed by atoms with Crippen LogP contribution in [0.3, 0.4) is 0 Å². The van der Waals surface area contributed by atoms with Gasteiger partial charge in [0.1, 0.15) is 0 Å². The van der Waals surface area contributed by atoms with Crippen LogP contribution >= 0.6 is 11.3 Å². The second-order valence-electron chi connectivity index (χ2n) is 2.15. The van der Waals surface area contributed by atoms with Crippen LogP contribution in [0.4, 0.5) is 0 Å². The van der Waals surface area contributed by atoms with Crippen LogP contribution in [0.2, 0.25) is 0 Å². The fourth-order valence-electron chi connectivity index (χ4n) is 0.765. The second kappa shape index (κ2) is 3.79. The zero-order valence-corrected chi connectivity index (χ0v) is 7.20. The SMILES string of the molecule is Bc1ccc(COCC)s1. The smallest absolute Gasteiger partial charge is 0.152 e. The predicted molar refractivity (Wildman–Crippen MR) is 47.8 cm³/mol. The lowest BCUT2D eigenvalue weighted by molar-refractivity contribution is 0.136. The lowest BCUT2D eigenvalue weighted by Crippen LogP contribution is -1.90. The summed E-state index contributed by atoms with van der Waals surface area (Å²) in [6.07, 6.45) is 0. The molecule has 10 heavy (non-hydrogen) atoms. The molecule has 0 N–H and O–H groups in total. The molecule has 0 radical (unpaired) electrons. The molecular formula is C7H11BOS. The van der Waals surface area contributed by atoms with Gasteiger partial charge in [0.15, 0.2) is 7.85 Å². The summed E-state index contributed by atoms with van der Waals surface area (Å²) in [5.74, 6) is 0. The van der Waals surface area contributed by atoms with Gasteiger partial charge in [-0.2, -0.15) is 11.3 Å². The van der Waals surface area contributed by atoms with E-state index in [1.807, 2.05) is 6.92 Å². The van der Waals surface area contributed by atoms with Crippen LogP contribution in [0.25, 0.3) is 0 Å². The van der Waals surface area contributed by atoms with Gasteiger partial charge in [-0.3, -0.25) is 0 Å². The van der Waals surface area contributed by atoms with Gasteiger partial charge in [0.25, 0.3) is 0 Å². The molecule has 0 amide bonds. The molecule has 0 saturated heterocycles. The average molecular weight is 154 g/mol. The van der Waals surface area contributed by atoms with Gasteiger partial charge in [-0.25, -0.2) is 0 Å². The Hall–Kier alpha value is -0.275. The molecule has 0 saturated carbocycles. The fourth-order valence-corrected chi connectivity index (χ4v) is 1.59. The number of hydrogen-bond donors (Lipinski definition) is 0. The van der Waals surface area contributed by atoms with Crippen LogP contribution in [0, 0.1) is 0 Å². The molecular weight excluding hydrogens is 143 g/mol. The van der Waals surface area contributed by atoms with E-state index in [-0.39, 0.29) is 0 Å². The van der Waals surface area contributed by atoms with Crippen molar-refractivity contribution in [2.45, 2.75) is 13.5 Å². The fraction of sp³-hybridized carbons (Fsp3) is 0.429. The van der Waals surface area contributed by atoms with Crippen molar-refractivity contribution in [3.63, 3.8) is 0 Å². The summed E-state index contributed by atoms with van der Waals surface area (Å²) in [7, 11) is 2.11. The lowest BCUT2D eigenvalue weighted by atomic mass is 10.1. The molecule has 1 nitrogen and oxygen atoms in total. The molecule has 1 rings (SSSR count). The highest BCUT2D eigenvalue weighted by atomic mass is 32.1. The van der Waals surface area contributed by atoms with E-state index in [9.17, 15) is 0 Å². The van der Waals surface area contributed by atoms with Crippen molar-refractivity contribution in [2.24, 2.45) is 0 Å². The van der Waals surface area contributed by atoms with Crippen molar-refractivity contribution in [3.8, 4) is 0 Å². The van der Waals surface area contributed by atoms with Gasteiger partial charge in [0.05, 0.1) is 6.61 Å². The molecule has 54 valence electrons. The molecule has 1 heterocycles. The minimum absolute atomic E-state index is 0.773. The molecule has 1 aromatic heterocycles. The van der Waals surface area contributed by atoms with E-state index < -0.39 is 0 Å². The van der Waals surface area contributed by atoms with Crippen molar-refractivity contribution in [2.75, 3.05) is 6.61 Å². The van der Waals surface area contributed by atoms with Gasteiger partial charge in [0, 0.05) is 11.5 Å². The van der Waals surface area contributed by atoms with Crippen molar-refractivity contribution in [3.05, 3.63) is 17.0 Å². The molecule has 0 aliphatic rings. The molecule has 3 heteroatoms. The van der Waals surface area contributed by atoms with Gasteiger partial charge in [-0.1, -0.05) is 6.07 Å². The maximum atomic E-state index is 5.24. The van der Waals surface area contributed by atoms with E-state index in [4.69, 9.17) is 4.74 Å². The summed E-state index contributed by atoms with van der Waals surface area (Å²) in [5, 5.41) is 0. The summed E-state index contributed by atoms with van der Waals surface area (Å²) >= 11 is 1.80. The standard InChI is InChI=1S/C7H11BOS/c1-2-9-5-6-3-4-7(8)10-6/h3-4H,2,5,8H2,1H3. The second-order valence-corrected chi connectivity index (χ2v) is 3.52. The van der Waals surface area contributed by atoms with Gasteiger partial charge in [-0.05, 0) is 17.8 Å². The Morgan fingerprint density at radius 3 is 2.90 bits per heavy atom. The summed E-state index contributed by atoms with van der Waals surface area (Å²) < 4.78 is 6.60. The summed E-state index contributed by atoms with van der Waals surface area (Å²) in [6.45, 7) is 3.59. The van der Waals surface area contributed by atoms with Crippen molar-refractivity contribution in [1.29, 1.82) is 0 Å². The third kappa shape index (κ3) is 2.16. The van der Waals surface area contributed by atoms with E-state index in [1.54, 1.807) is 11.3 Å². The van der Waals surface area contributed by atoms with E-state index in [0.717, 1.165) is 13.2 Å². The first kappa shape index (κ1) is 7.83. The Morgan fingerprint density at radius 1 is 1.60 bits per heavy atom. The Bertz CT molecular complexity index is 197. The molecule has 0 unspecified atom stereocenters. The Morgan fingerprint density at radius 2 is 2.40 bits per heavy atom. The van der Waals surface area contributed by atoms with Crippen LogP contribution in [0.15, 0.2) is 12.1 Å². The number of ether oxygens (including phenoxy) is 1. The molecule has 0 aliphatic carbocycles. The van der Waals surface area contributed by atoms with Gasteiger partial charge in [0.2, 0.25) is 0 Å². The van der Waals surface area contributed by atoms with Crippen LogP contribution in [0.5, 0.6) is 0 Å². The molecule has 0 bridgehead atoms. The van der Waals surface area contributed by atoms with Gasteiger partial charge >= 0.3 is 0 Å². The van der Waals surface area contributed by atoms with Crippen LogP contribution in [-0.2, 0) is 11.3 Å². The van der Waals surface area contributed by atoms with E-state index in [1.165, 1.54) is 9.65 Å². The lowest BCUT2D eigenvalue weighted by Gasteiger charge is -1.94. The average Bonchev–Trinajstić information content (AvgIpc) is 2.31. The minimum Gasteiger partial charge on any atom is -0.376 e. The van der Waals surface area contributed by atoms with Crippen LogP contribution in [0.1, 0.15) is 11.8 Å². The molecule has 0 fully saturated rings. The quantitative estimate of drug-likeness (QED) is 0.577. The number of rotatable bonds is 3. The van der Waals surface area contributed by atoms with Crippen molar-refractivity contribution >= 4 is 24.0 Å². The van der Waals surface area contributed by atoms with Crippen molar-refractivity contribution < 1.29 is 4.74 Å². The molecule has 0 spiro atoms. The zero-order chi connectivity index (χ0) is 7.40. The van der Waals surface area contributed by atoms with Gasteiger partial charge in [-0.15, -0.1) is 0 Å². The third-order valence-corrected chi connectivity index (χ3v) is 2.22. The summed E-state index contributed by atoms with van der Waals surface area (Å²) in [6, 6.07) is 4.24. The van der Waals surface area contributed by atoms with Crippen molar-refractivity contribution in [1.82, 2.24) is 0 Å². The Balaban J connectivity index is 2.42. The monoisotopic (exact) mass is 154 g/mol. The van der Waals surface area contributed by atoms with E-state index in [2.05, 4.69) is 20.0 Å². The Kier molecular flexibility index (Phi) is 2.96. The number of hydrogen-bond acceptors (Lipinski definition) is 2. The van der Waals surface area contributed by atoms with Crippen LogP contribution in [-0.4, -0.2) is 14.5 Å². The van der Waals surface area contributed by atoms with E-state index >= 15 is 0 Å². The first-order valence-electron chi connectivity index (χ1n) is 3.46. The largest absolute Gasteiger partial charge is 0.376 e. The highest BCUT2D eigenvalue weighted by Gasteiger charge is 1.93. The first-order valence-corrected chi connectivity index (χ1v) is 4.27. The maximum Gasteiger partial charge on any atom is 0.152 e. The highest BCUT2D eigenvalue weighted by molar-refractivity contribution is 7.20.